The van der Waals surface area contributed by atoms with Crippen LogP contribution in [0, 0.1) is 0 Å². The summed E-state index contributed by atoms with van der Waals surface area (Å²) in [5.74, 6) is -2.00. The van der Waals surface area contributed by atoms with Crippen LogP contribution in [0.15, 0.2) is 35.2 Å². The second-order valence-electron chi connectivity index (χ2n) is 5.25. The Bertz CT molecular complexity index is 717. The van der Waals surface area contributed by atoms with E-state index in [0.717, 1.165) is 0 Å². The number of benzene rings is 1. The van der Waals surface area contributed by atoms with Crippen LogP contribution in [0.4, 0.5) is 0 Å². The molecule has 120 valence electrons. The Morgan fingerprint density at radius 1 is 1.43 bits per heavy atom. The zero-order valence-corrected chi connectivity index (χ0v) is 13.3. The Kier molecular flexibility index (Phi) is 4.40. The molecular formula is C16H16N2O4S. The topological polar surface area (TPSA) is 79.7 Å². The maximum Gasteiger partial charge on any atom is 0.313 e. The average molecular weight is 332 g/mol. The third-order valence-electron chi connectivity index (χ3n) is 4.00. The summed E-state index contributed by atoms with van der Waals surface area (Å²) in [7, 11) is 1.55. The first-order valence-corrected chi connectivity index (χ1v) is 8.09. The molecule has 2 heterocycles. The minimum Gasteiger partial charge on any atom is -0.481 e. The van der Waals surface area contributed by atoms with Crippen molar-refractivity contribution in [2.24, 2.45) is 0 Å². The Morgan fingerprint density at radius 3 is 2.87 bits per heavy atom. The van der Waals surface area contributed by atoms with E-state index < -0.39 is 17.9 Å². The fraction of sp³-hybridized carbons (Fsp3) is 0.312. The minimum absolute atomic E-state index is 0.187. The SMILES string of the molecule is COCCN1C(=O)c2ccccc2[C@@H](C(=O)O)[C@H]1c1cscn1. The molecule has 0 saturated carbocycles. The first-order valence-electron chi connectivity index (χ1n) is 7.15. The number of carbonyl (C=O) groups is 2. The molecule has 1 aliphatic rings. The highest BCUT2D eigenvalue weighted by molar-refractivity contribution is 7.07. The summed E-state index contributed by atoms with van der Waals surface area (Å²) in [5.41, 5.74) is 3.22. The normalized spacial score (nSPS) is 20.4. The molecule has 1 amide bonds. The number of aromatic nitrogens is 1. The molecule has 2 aromatic rings. The maximum absolute atomic E-state index is 12.8. The number of aliphatic carboxylic acids is 1. The van der Waals surface area contributed by atoms with Crippen molar-refractivity contribution in [3.63, 3.8) is 0 Å². The molecule has 0 unspecified atom stereocenters. The van der Waals surface area contributed by atoms with Crippen LogP contribution in [0.25, 0.3) is 0 Å². The number of ether oxygens (including phenoxy) is 1. The number of carboxylic acids is 1. The minimum atomic E-state index is -0.967. The number of nitrogens with zero attached hydrogens (tertiary/aromatic N) is 2. The number of methoxy groups -OCH3 is 1. The van der Waals surface area contributed by atoms with Crippen molar-refractivity contribution < 1.29 is 19.4 Å². The number of rotatable bonds is 5. The van der Waals surface area contributed by atoms with Gasteiger partial charge in [0.25, 0.3) is 5.91 Å². The van der Waals surface area contributed by atoms with E-state index >= 15 is 0 Å². The van der Waals surface area contributed by atoms with Gasteiger partial charge in [-0.05, 0) is 11.6 Å². The van der Waals surface area contributed by atoms with Gasteiger partial charge in [-0.25, -0.2) is 4.98 Å². The number of carbonyl (C=O) groups excluding carboxylic acids is 1. The van der Waals surface area contributed by atoms with Crippen LogP contribution in [0.5, 0.6) is 0 Å². The Labute approximate surface area is 137 Å². The quantitative estimate of drug-likeness (QED) is 0.907. The van der Waals surface area contributed by atoms with Gasteiger partial charge in [-0.15, -0.1) is 11.3 Å². The fourth-order valence-electron chi connectivity index (χ4n) is 2.99. The lowest BCUT2D eigenvalue weighted by Gasteiger charge is -2.39. The van der Waals surface area contributed by atoms with E-state index in [0.29, 0.717) is 30.0 Å². The molecule has 0 spiro atoms. The highest BCUT2D eigenvalue weighted by Crippen LogP contribution is 2.42. The summed E-state index contributed by atoms with van der Waals surface area (Å²) in [4.78, 5) is 30.6. The van der Waals surface area contributed by atoms with Crippen molar-refractivity contribution in [1.82, 2.24) is 9.88 Å². The van der Waals surface area contributed by atoms with Crippen LogP contribution >= 0.6 is 11.3 Å². The number of amides is 1. The molecule has 0 fully saturated rings. The van der Waals surface area contributed by atoms with E-state index in [-0.39, 0.29) is 5.91 Å². The summed E-state index contributed by atoms with van der Waals surface area (Å²) < 4.78 is 5.08. The highest BCUT2D eigenvalue weighted by atomic mass is 32.1. The van der Waals surface area contributed by atoms with Crippen LogP contribution in [0.1, 0.15) is 33.6 Å². The van der Waals surface area contributed by atoms with Crippen molar-refractivity contribution in [3.8, 4) is 0 Å². The van der Waals surface area contributed by atoms with E-state index in [2.05, 4.69) is 4.98 Å². The molecule has 0 saturated heterocycles. The standard InChI is InChI=1S/C16H16N2O4S/c1-22-7-6-18-14(12-8-23-9-17-12)13(16(20)21)10-4-2-3-5-11(10)15(18)19/h2-5,8-9,13-14H,6-7H2,1H3,(H,20,21)/t13-,14-/m1/s1. The van der Waals surface area contributed by atoms with Gasteiger partial charge in [-0.3, -0.25) is 9.59 Å². The largest absolute Gasteiger partial charge is 0.481 e. The molecule has 3 rings (SSSR count). The van der Waals surface area contributed by atoms with Crippen LogP contribution in [-0.2, 0) is 9.53 Å². The Morgan fingerprint density at radius 2 is 2.22 bits per heavy atom. The molecule has 23 heavy (non-hydrogen) atoms. The first kappa shape index (κ1) is 15.6. The molecule has 2 atom stereocenters. The molecule has 1 N–H and O–H groups in total. The lowest BCUT2D eigenvalue weighted by atomic mass is 9.81. The van der Waals surface area contributed by atoms with Crippen molar-refractivity contribution in [2.45, 2.75) is 12.0 Å². The van der Waals surface area contributed by atoms with Gasteiger partial charge >= 0.3 is 5.97 Å². The van der Waals surface area contributed by atoms with Gasteiger partial charge in [0.1, 0.15) is 5.92 Å². The van der Waals surface area contributed by atoms with Crippen molar-refractivity contribution in [2.75, 3.05) is 20.3 Å². The number of fused-ring (bicyclic) bond motifs is 1. The lowest BCUT2D eigenvalue weighted by Crippen LogP contribution is -2.46. The van der Waals surface area contributed by atoms with E-state index in [1.165, 1.54) is 11.3 Å². The maximum atomic E-state index is 12.8. The summed E-state index contributed by atoms with van der Waals surface area (Å²) in [6, 6.07) is 6.25. The van der Waals surface area contributed by atoms with E-state index in [4.69, 9.17) is 4.74 Å². The van der Waals surface area contributed by atoms with Crippen LogP contribution in [-0.4, -0.2) is 47.1 Å². The number of carboxylic acid groups (broad SMARTS) is 1. The highest BCUT2D eigenvalue weighted by Gasteiger charge is 2.44. The summed E-state index contributed by atoms with van der Waals surface area (Å²) in [5, 5.41) is 11.6. The van der Waals surface area contributed by atoms with Gasteiger partial charge in [0.15, 0.2) is 0 Å². The van der Waals surface area contributed by atoms with E-state index in [1.54, 1.807) is 47.2 Å². The van der Waals surface area contributed by atoms with Gasteiger partial charge in [0, 0.05) is 24.6 Å². The zero-order chi connectivity index (χ0) is 16.4. The molecule has 7 heteroatoms. The van der Waals surface area contributed by atoms with Gasteiger partial charge in [0.2, 0.25) is 0 Å². The van der Waals surface area contributed by atoms with Crippen LogP contribution in [0.3, 0.4) is 0 Å². The molecule has 1 aliphatic heterocycles. The third kappa shape index (κ3) is 2.73. The van der Waals surface area contributed by atoms with Gasteiger partial charge < -0.3 is 14.7 Å². The van der Waals surface area contributed by atoms with Crippen LogP contribution < -0.4 is 0 Å². The molecule has 1 aromatic heterocycles. The number of thiazole rings is 1. The van der Waals surface area contributed by atoms with Crippen LogP contribution in [0.2, 0.25) is 0 Å². The van der Waals surface area contributed by atoms with Gasteiger partial charge in [-0.1, -0.05) is 18.2 Å². The predicted octanol–water partition coefficient (Wildman–Crippen LogP) is 2.15. The van der Waals surface area contributed by atoms with Crippen molar-refractivity contribution in [1.29, 1.82) is 0 Å². The van der Waals surface area contributed by atoms with Gasteiger partial charge in [0.05, 0.1) is 23.9 Å². The van der Waals surface area contributed by atoms with Crippen molar-refractivity contribution >= 4 is 23.2 Å². The monoisotopic (exact) mass is 332 g/mol. The molecular weight excluding hydrogens is 316 g/mol. The summed E-state index contributed by atoms with van der Waals surface area (Å²) in [6.07, 6.45) is 0. The third-order valence-corrected chi connectivity index (χ3v) is 4.60. The Hall–Kier alpha value is -2.25. The number of hydrogen-bond donors (Lipinski definition) is 1. The second kappa shape index (κ2) is 6.47. The lowest BCUT2D eigenvalue weighted by molar-refractivity contribution is -0.140. The number of hydrogen-bond acceptors (Lipinski definition) is 5. The van der Waals surface area contributed by atoms with Gasteiger partial charge in [-0.2, -0.15) is 0 Å². The first-order chi connectivity index (χ1) is 11.1. The van der Waals surface area contributed by atoms with E-state index in [1.807, 2.05) is 0 Å². The van der Waals surface area contributed by atoms with Crippen molar-refractivity contribution in [3.05, 3.63) is 52.0 Å². The Balaban J connectivity index is 2.15. The molecule has 1 aromatic carbocycles. The molecule has 6 nitrogen and oxygen atoms in total. The molecule has 0 bridgehead atoms. The zero-order valence-electron chi connectivity index (χ0n) is 12.5. The fourth-order valence-corrected chi connectivity index (χ4v) is 3.57. The second-order valence-corrected chi connectivity index (χ2v) is 5.97. The molecule has 0 radical (unpaired) electrons. The predicted molar refractivity (Wildman–Crippen MR) is 84.6 cm³/mol. The summed E-state index contributed by atoms with van der Waals surface area (Å²) in [6.45, 7) is 0.649. The molecule has 0 aliphatic carbocycles. The van der Waals surface area contributed by atoms with E-state index in [9.17, 15) is 14.7 Å². The average Bonchev–Trinajstić information content (AvgIpc) is 3.07. The summed E-state index contributed by atoms with van der Waals surface area (Å²) >= 11 is 1.38. The smallest absolute Gasteiger partial charge is 0.313 e.